The number of aromatic nitrogens is 3. The van der Waals surface area contributed by atoms with Crippen LogP contribution in [-0.2, 0) is 0 Å². The number of fused-ring (bicyclic) bond motifs is 1. The van der Waals surface area contributed by atoms with Crippen molar-refractivity contribution in [2.24, 2.45) is 0 Å². The molecule has 0 N–H and O–H groups in total. The molecule has 0 radical (unpaired) electrons. The van der Waals surface area contributed by atoms with E-state index >= 15 is 0 Å². The molecule has 0 amide bonds. The SMILES string of the molecule is COc1ccc(/C=c2/sc3nc(/C=C/c4ccc(C)cc4)nn3c2=O)cc1. The molecule has 0 saturated heterocycles. The molecule has 0 aliphatic rings. The highest BCUT2D eigenvalue weighted by atomic mass is 32.1. The average Bonchev–Trinajstić information content (AvgIpc) is 3.21. The van der Waals surface area contributed by atoms with Crippen LogP contribution in [0.3, 0.4) is 0 Å². The van der Waals surface area contributed by atoms with Gasteiger partial charge in [-0.1, -0.05) is 59.4 Å². The topological polar surface area (TPSA) is 56.5 Å². The quantitative estimate of drug-likeness (QED) is 0.550. The Balaban J connectivity index is 1.64. The maximum atomic E-state index is 12.6. The molecule has 0 unspecified atom stereocenters. The van der Waals surface area contributed by atoms with E-state index in [9.17, 15) is 4.79 Å². The van der Waals surface area contributed by atoms with Gasteiger partial charge in [-0.3, -0.25) is 4.79 Å². The van der Waals surface area contributed by atoms with Gasteiger partial charge < -0.3 is 4.74 Å². The molecular weight excluding hydrogens is 358 g/mol. The fraction of sp³-hybridized carbons (Fsp3) is 0.0952. The van der Waals surface area contributed by atoms with Crippen LogP contribution in [0.25, 0.3) is 23.2 Å². The Bertz CT molecular complexity index is 1220. The lowest BCUT2D eigenvalue weighted by molar-refractivity contribution is 0.415. The highest BCUT2D eigenvalue weighted by Gasteiger charge is 2.08. The summed E-state index contributed by atoms with van der Waals surface area (Å²) < 4.78 is 7.11. The second-order valence-corrected chi connectivity index (χ2v) is 7.11. The van der Waals surface area contributed by atoms with Crippen LogP contribution in [0.4, 0.5) is 0 Å². The lowest BCUT2D eigenvalue weighted by Crippen LogP contribution is -2.23. The molecular formula is C21H17N3O2S. The van der Waals surface area contributed by atoms with Gasteiger partial charge in [-0.2, -0.15) is 9.50 Å². The molecule has 0 atom stereocenters. The normalized spacial score (nSPS) is 12.3. The molecule has 27 heavy (non-hydrogen) atoms. The summed E-state index contributed by atoms with van der Waals surface area (Å²) in [5, 5.41) is 4.31. The smallest absolute Gasteiger partial charge is 0.291 e. The Kier molecular flexibility index (Phi) is 4.56. The molecule has 2 aromatic carbocycles. The average molecular weight is 375 g/mol. The predicted octanol–water partition coefficient (Wildman–Crippen LogP) is 3.19. The van der Waals surface area contributed by atoms with Gasteiger partial charge in [-0.15, -0.1) is 5.10 Å². The van der Waals surface area contributed by atoms with Crippen molar-refractivity contribution in [1.29, 1.82) is 0 Å². The van der Waals surface area contributed by atoms with Crippen LogP contribution in [0.5, 0.6) is 5.75 Å². The Hall–Kier alpha value is -3.25. The lowest BCUT2D eigenvalue weighted by Gasteiger charge is -1.98. The molecule has 0 bridgehead atoms. The van der Waals surface area contributed by atoms with Crippen molar-refractivity contribution in [2.75, 3.05) is 7.11 Å². The molecule has 4 aromatic rings. The first-order chi connectivity index (χ1) is 13.1. The van der Waals surface area contributed by atoms with Gasteiger partial charge >= 0.3 is 0 Å². The maximum absolute atomic E-state index is 12.6. The van der Waals surface area contributed by atoms with Crippen LogP contribution in [0, 0.1) is 6.92 Å². The molecule has 0 aliphatic heterocycles. The highest BCUT2D eigenvalue weighted by Crippen LogP contribution is 2.12. The van der Waals surface area contributed by atoms with E-state index < -0.39 is 0 Å². The van der Waals surface area contributed by atoms with E-state index in [0.29, 0.717) is 15.3 Å². The molecule has 4 rings (SSSR count). The largest absolute Gasteiger partial charge is 0.497 e. The van der Waals surface area contributed by atoms with Gasteiger partial charge in [0.15, 0.2) is 5.82 Å². The van der Waals surface area contributed by atoms with Gasteiger partial charge in [-0.05, 0) is 42.3 Å². The van der Waals surface area contributed by atoms with Gasteiger partial charge in [0.1, 0.15) is 5.75 Å². The predicted molar refractivity (Wildman–Crippen MR) is 109 cm³/mol. The molecule has 6 heteroatoms. The number of methoxy groups -OCH3 is 1. The third kappa shape index (κ3) is 3.66. The first-order valence-corrected chi connectivity index (χ1v) is 9.24. The Morgan fingerprint density at radius 3 is 2.37 bits per heavy atom. The van der Waals surface area contributed by atoms with E-state index in [1.54, 1.807) is 7.11 Å². The molecule has 2 heterocycles. The first-order valence-electron chi connectivity index (χ1n) is 8.42. The van der Waals surface area contributed by atoms with Crippen molar-refractivity contribution in [1.82, 2.24) is 14.6 Å². The van der Waals surface area contributed by atoms with Crippen LogP contribution in [0.2, 0.25) is 0 Å². The number of ether oxygens (including phenoxy) is 1. The van der Waals surface area contributed by atoms with Crippen LogP contribution in [0.15, 0.2) is 53.3 Å². The maximum Gasteiger partial charge on any atom is 0.291 e. The molecule has 0 aliphatic carbocycles. The van der Waals surface area contributed by atoms with Crippen LogP contribution >= 0.6 is 11.3 Å². The number of aryl methyl sites for hydroxylation is 1. The fourth-order valence-corrected chi connectivity index (χ4v) is 3.53. The van der Waals surface area contributed by atoms with Crippen LogP contribution in [-0.4, -0.2) is 21.7 Å². The minimum atomic E-state index is -0.159. The summed E-state index contributed by atoms with van der Waals surface area (Å²) in [6.45, 7) is 2.05. The number of hydrogen-bond donors (Lipinski definition) is 0. The summed E-state index contributed by atoms with van der Waals surface area (Å²) in [6, 6.07) is 15.7. The van der Waals surface area contributed by atoms with E-state index in [4.69, 9.17) is 4.74 Å². The standard InChI is InChI=1S/C21H17N3O2S/c1-14-3-5-15(6-4-14)9-12-19-22-21-24(23-19)20(25)18(27-21)13-16-7-10-17(26-2)11-8-16/h3-13H,1-2H3/b12-9+,18-13+. The van der Waals surface area contributed by atoms with Crippen LogP contribution in [0.1, 0.15) is 22.5 Å². The van der Waals surface area contributed by atoms with Gasteiger partial charge in [0.25, 0.3) is 5.56 Å². The van der Waals surface area contributed by atoms with E-state index in [2.05, 4.69) is 29.1 Å². The zero-order valence-corrected chi connectivity index (χ0v) is 15.7. The summed E-state index contributed by atoms with van der Waals surface area (Å²) in [5.41, 5.74) is 3.05. The van der Waals surface area contributed by atoms with Crippen LogP contribution < -0.4 is 14.8 Å². The zero-order chi connectivity index (χ0) is 18.8. The third-order valence-electron chi connectivity index (χ3n) is 4.11. The van der Waals surface area contributed by atoms with Crippen molar-refractivity contribution in [3.05, 3.63) is 85.9 Å². The second kappa shape index (κ2) is 7.17. The molecule has 2 aromatic heterocycles. The number of benzene rings is 2. The highest BCUT2D eigenvalue weighted by molar-refractivity contribution is 7.15. The van der Waals surface area contributed by atoms with Crippen molar-refractivity contribution >= 4 is 34.5 Å². The van der Waals surface area contributed by atoms with Gasteiger partial charge in [0.05, 0.1) is 11.6 Å². The number of thiazole rings is 1. The minimum Gasteiger partial charge on any atom is -0.497 e. The van der Waals surface area contributed by atoms with Gasteiger partial charge in [0, 0.05) is 0 Å². The van der Waals surface area contributed by atoms with E-state index in [0.717, 1.165) is 16.9 Å². The van der Waals surface area contributed by atoms with Gasteiger partial charge in [-0.25, -0.2) is 0 Å². The fourth-order valence-electron chi connectivity index (χ4n) is 2.62. The Morgan fingerprint density at radius 2 is 1.70 bits per heavy atom. The third-order valence-corrected chi connectivity index (χ3v) is 5.07. The summed E-state index contributed by atoms with van der Waals surface area (Å²) in [7, 11) is 1.62. The number of hydrogen-bond acceptors (Lipinski definition) is 5. The number of rotatable bonds is 4. The van der Waals surface area contributed by atoms with E-state index in [-0.39, 0.29) is 5.56 Å². The van der Waals surface area contributed by atoms with Crippen molar-refractivity contribution in [2.45, 2.75) is 6.92 Å². The molecule has 5 nitrogen and oxygen atoms in total. The van der Waals surface area contributed by atoms with Crippen molar-refractivity contribution in [3.8, 4) is 5.75 Å². The summed E-state index contributed by atoms with van der Waals surface area (Å²) in [5.74, 6) is 1.30. The first kappa shape index (κ1) is 17.2. The molecule has 0 spiro atoms. The van der Waals surface area contributed by atoms with Gasteiger partial charge in [0.2, 0.25) is 4.96 Å². The molecule has 134 valence electrons. The second-order valence-electron chi connectivity index (χ2n) is 6.10. The monoisotopic (exact) mass is 375 g/mol. The lowest BCUT2D eigenvalue weighted by atomic mass is 10.1. The summed E-state index contributed by atoms with van der Waals surface area (Å²) in [4.78, 5) is 17.6. The van der Waals surface area contributed by atoms with E-state index in [1.807, 2.05) is 54.6 Å². The van der Waals surface area contributed by atoms with E-state index in [1.165, 1.54) is 21.4 Å². The molecule has 0 saturated carbocycles. The number of nitrogens with zero attached hydrogens (tertiary/aromatic N) is 3. The Labute approximate surface area is 159 Å². The summed E-state index contributed by atoms with van der Waals surface area (Å²) >= 11 is 1.33. The molecule has 0 fully saturated rings. The summed E-state index contributed by atoms with van der Waals surface area (Å²) in [6.07, 6.45) is 5.59. The van der Waals surface area contributed by atoms with Crippen molar-refractivity contribution < 1.29 is 4.74 Å². The zero-order valence-electron chi connectivity index (χ0n) is 14.9. The minimum absolute atomic E-state index is 0.159. The Morgan fingerprint density at radius 1 is 1.00 bits per heavy atom. The van der Waals surface area contributed by atoms with Crippen molar-refractivity contribution in [3.63, 3.8) is 0 Å².